The zero-order valence-electron chi connectivity index (χ0n) is 37.0. The SMILES string of the molecule is C[Si](C)(C)CC[Si](C)(C)CCCOCC(O)CCCCOCCOCCO.C[Si](C)(C)CC[Si](C)(C)CCCOCC1CO1.NCCOCCOCCO. The number of unbranched alkanes of at least 4 members (excludes halogenated alkanes) is 1. The number of hydrogen-bond acceptors (Lipinski definition) is 11. The molecule has 2 unspecified atom stereocenters. The van der Waals surface area contributed by atoms with Crippen molar-refractivity contribution in [1.29, 1.82) is 0 Å². The van der Waals surface area contributed by atoms with Gasteiger partial charge < -0.3 is 54.2 Å². The van der Waals surface area contributed by atoms with Gasteiger partial charge in [-0.3, -0.25) is 0 Å². The van der Waals surface area contributed by atoms with Crippen LogP contribution in [0.25, 0.3) is 0 Å². The Morgan fingerprint density at radius 3 is 1.39 bits per heavy atom. The monoisotopic (exact) mass is 846 g/mol. The fourth-order valence-corrected chi connectivity index (χ4v) is 19.2. The number of epoxide rings is 1. The zero-order chi connectivity index (χ0) is 41.2. The maximum absolute atomic E-state index is 9.99. The second-order valence-electron chi connectivity index (χ2n) is 18.6. The van der Waals surface area contributed by atoms with Crippen molar-refractivity contribution < 1.29 is 48.5 Å². The van der Waals surface area contributed by atoms with Gasteiger partial charge in [-0.2, -0.15) is 0 Å². The van der Waals surface area contributed by atoms with Crippen LogP contribution in [0.4, 0.5) is 0 Å². The summed E-state index contributed by atoms with van der Waals surface area (Å²) in [7, 11) is -3.79. The molecule has 0 aromatic carbocycles. The maximum Gasteiger partial charge on any atom is 0.104 e. The molecule has 2 atom stereocenters. The van der Waals surface area contributed by atoms with E-state index in [1.54, 1.807) is 0 Å². The number of aliphatic hydroxyl groups is 3. The molecule has 0 amide bonds. The van der Waals surface area contributed by atoms with Crippen LogP contribution in [-0.4, -0.2) is 165 Å². The Balaban J connectivity index is 0. The van der Waals surface area contributed by atoms with Gasteiger partial charge in [0.15, 0.2) is 0 Å². The minimum Gasteiger partial charge on any atom is -0.394 e. The van der Waals surface area contributed by atoms with Crippen LogP contribution in [0.1, 0.15) is 32.1 Å². The molecule has 1 saturated heterocycles. The molecule has 15 heteroatoms. The largest absolute Gasteiger partial charge is 0.394 e. The van der Waals surface area contributed by atoms with Crippen LogP contribution in [0.15, 0.2) is 0 Å². The molecule has 0 aliphatic carbocycles. The highest BCUT2D eigenvalue weighted by Crippen LogP contribution is 2.25. The molecule has 1 fully saturated rings. The molecule has 0 aromatic heterocycles. The van der Waals surface area contributed by atoms with E-state index in [0.29, 0.717) is 72.1 Å². The molecule has 1 aliphatic heterocycles. The van der Waals surface area contributed by atoms with Crippen LogP contribution in [-0.2, 0) is 33.2 Å². The zero-order valence-corrected chi connectivity index (χ0v) is 41.0. The highest BCUT2D eigenvalue weighted by Gasteiger charge is 2.26. The predicted octanol–water partition coefficient (Wildman–Crippen LogP) is 6.81. The first-order valence-corrected chi connectivity index (χ1v) is 35.3. The molecule has 0 aromatic rings. The second-order valence-corrected chi connectivity index (χ2v) is 40.5. The normalized spacial score (nSPS) is 15.3. The molecule has 0 bridgehead atoms. The number of aliphatic hydroxyl groups excluding tert-OH is 3. The Kier molecular flexibility index (Phi) is 37.0. The van der Waals surface area contributed by atoms with Crippen molar-refractivity contribution in [3.8, 4) is 0 Å². The van der Waals surface area contributed by atoms with Gasteiger partial charge in [0.1, 0.15) is 6.10 Å². The van der Waals surface area contributed by atoms with Crippen LogP contribution >= 0.6 is 0 Å². The fourth-order valence-electron chi connectivity index (χ4n) is 5.10. The van der Waals surface area contributed by atoms with E-state index in [-0.39, 0.29) is 19.3 Å². The lowest BCUT2D eigenvalue weighted by Gasteiger charge is -2.26. The smallest absolute Gasteiger partial charge is 0.104 e. The average molecular weight is 846 g/mol. The summed E-state index contributed by atoms with van der Waals surface area (Å²) < 4.78 is 36.9. The van der Waals surface area contributed by atoms with Crippen molar-refractivity contribution >= 4 is 32.3 Å². The van der Waals surface area contributed by atoms with E-state index in [1.165, 1.54) is 42.7 Å². The minimum absolute atomic E-state index is 0.0538. The first-order chi connectivity index (χ1) is 25.4. The summed E-state index contributed by atoms with van der Waals surface area (Å²) in [6.45, 7) is 33.6. The molecule has 1 aliphatic rings. The Hall–Kier alpha value is 0.428. The lowest BCUT2D eigenvalue weighted by molar-refractivity contribution is 0.0234. The number of hydrogen-bond donors (Lipinski definition) is 4. The third-order valence-electron chi connectivity index (χ3n) is 8.96. The predicted molar refractivity (Wildman–Crippen MR) is 237 cm³/mol. The van der Waals surface area contributed by atoms with E-state index in [2.05, 4.69) is 65.5 Å². The van der Waals surface area contributed by atoms with Gasteiger partial charge in [0.05, 0.1) is 85.4 Å². The summed E-state index contributed by atoms with van der Waals surface area (Å²) in [6.07, 6.45) is 5.08. The molecule has 11 nitrogen and oxygen atoms in total. The molecule has 0 saturated carbocycles. The Labute approximate surface area is 337 Å². The van der Waals surface area contributed by atoms with Crippen molar-refractivity contribution in [2.75, 3.05) is 106 Å². The molecule has 1 heterocycles. The van der Waals surface area contributed by atoms with E-state index >= 15 is 0 Å². The summed E-state index contributed by atoms with van der Waals surface area (Å²) in [6, 6.07) is 8.65. The second kappa shape index (κ2) is 35.4. The van der Waals surface area contributed by atoms with Crippen LogP contribution in [0.5, 0.6) is 0 Å². The van der Waals surface area contributed by atoms with E-state index < -0.39 is 32.3 Å². The summed E-state index contributed by atoms with van der Waals surface area (Å²) in [4.78, 5) is 0. The first kappa shape index (κ1) is 56.5. The van der Waals surface area contributed by atoms with Gasteiger partial charge >= 0.3 is 0 Å². The Bertz CT molecular complexity index is 792. The highest BCUT2D eigenvalue weighted by atomic mass is 28.3. The minimum atomic E-state index is -1.08. The Morgan fingerprint density at radius 1 is 0.537 bits per heavy atom. The van der Waals surface area contributed by atoms with Crippen molar-refractivity contribution in [2.24, 2.45) is 5.73 Å². The summed E-state index contributed by atoms with van der Waals surface area (Å²) in [5, 5.41) is 26.8. The van der Waals surface area contributed by atoms with Crippen molar-refractivity contribution in [2.45, 2.75) is 146 Å². The lowest BCUT2D eigenvalue weighted by Crippen LogP contribution is -2.30. The lowest BCUT2D eigenvalue weighted by atomic mass is 10.2. The van der Waals surface area contributed by atoms with Gasteiger partial charge in [0, 0.05) is 58.7 Å². The van der Waals surface area contributed by atoms with Crippen molar-refractivity contribution in [3.63, 3.8) is 0 Å². The molecule has 0 radical (unpaired) electrons. The van der Waals surface area contributed by atoms with Gasteiger partial charge in [0.2, 0.25) is 0 Å². The first-order valence-electron chi connectivity index (χ1n) is 21.0. The summed E-state index contributed by atoms with van der Waals surface area (Å²) in [5.74, 6) is 0. The number of ether oxygens (including phenoxy) is 7. The van der Waals surface area contributed by atoms with Gasteiger partial charge in [-0.15, -0.1) is 0 Å². The van der Waals surface area contributed by atoms with E-state index in [9.17, 15) is 5.11 Å². The van der Waals surface area contributed by atoms with Gasteiger partial charge in [-0.25, -0.2) is 0 Å². The Morgan fingerprint density at radius 2 is 0.963 bits per heavy atom. The average Bonchev–Trinajstić information content (AvgIpc) is 3.92. The van der Waals surface area contributed by atoms with Crippen molar-refractivity contribution in [3.05, 3.63) is 0 Å². The topological polar surface area (TPSA) is 155 Å². The molecular formula is C39H91NO10Si4. The van der Waals surface area contributed by atoms with Gasteiger partial charge in [0.25, 0.3) is 0 Å². The standard InChI is InChI=1S/C20H46O5Si2.C13H30O2Si2.C6H15NO3/c1-26(2,3)17-18-27(4,5)16-8-12-25-19-20(22)9-6-7-11-23-14-15-24-13-10-21;1-16(2,3)9-10-17(4,5)8-6-7-14-11-13-12-15-13;7-1-3-9-5-6-10-4-2-8/h20-22H,6-19H2,1-5H3;13H,6-12H2,1-5H3;8H,1-7H2. The summed E-state index contributed by atoms with van der Waals surface area (Å²) >= 11 is 0. The van der Waals surface area contributed by atoms with E-state index in [1.807, 2.05) is 0 Å². The van der Waals surface area contributed by atoms with Crippen LogP contribution in [0, 0.1) is 0 Å². The fraction of sp³-hybridized carbons (Fsp3) is 1.00. The third kappa shape index (κ3) is 48.6. The molecule has 0 spiro atoms. The van der Waals surface area contributed by atoms with Gasteiger partial charge in [-0.05, 0) is 32.1 Å². The number of rotatable bonds is 35. The molecule has 328 valence electrons. The molecule has 5 N–H and O–H groups in total. The van der Waals surface area contributed by atoms with Crippen molar-refractivity contribution in [1.82, 2.24) is 0 Å². The van der Waals surface area contributed by atoms with Crippen LogP contribution < -0.4 is 5.73 Å². The number of nitrogens with two attached hydrogens (primary N) is 1. The van der Waals surface area contributed by atoms with E-state index in [0.717, 1.165) is 52.1 Å². The maximum atomic E-state index is 9.99. The van der Waals surface area contributed by atoms with Crippen LogP contribution in [0.3, 0.4) is 0 Å². The molecule has 54 heavy (non-hydrogen) atoms. The summed E-state index contributed by atoms with van der Waals surface area (Å²) in [5.41, 5.74) is 5.16. The molecular weight excluding hydrogens is 755 g/mol. The van der Waals surface area contributed by atoms with Crippen LogP contribution in [0.2, 0.25) is 102 Å². The molecule has 1 rings (SSSR count). The van der Waals surface area contributed by atoms with Gasteiger partial charge in [-0.1, -0.05) is 102 Å². The third-order valence-corrected chi connectivity index (χ3v) is 20.1. The van der Waals surface area contributed by atoms with E-state index in [4.69, 9.17) is 49.1 Å². The quantitative estimate of drug-likeness (QED) is 0.0303. The highest BCUT2D eigenvalue weighted by molar-refractivity contribution is 6.82.